The molecule has 3 aromatic rings. The van der Waals surface area contributed by atoms with E-state index in [2.05, 4.69) is 52.0 Å². The van der Waals surface area contributed by atoms with Gasteiger partial charge in [-0.25, -0.2) is 14.6 Å². The number of aryl methyl sites for hydroxylation is 2. The van der Waals surface area contributed by atoms with Crippen molar-refractivity contribution in [2.75, 3.05) is 18.0 Å². The van der Waals surface area contributed by atoms with E-state index in [4.69, 9.17) is 5.73 Å². The highest BCUT2D eigenvalue weighted by atomic mass is 15.3. The van der Waals surface area contributed by atoms with E-state index >= 15 is 0 Å². The van der Waals surface area contributed by atoms with E-state index < -0.39 is 0 Å². The average molecular weight is 308 g/mol. The molecule has 1 saturated heterocycles. The van der Waals surface area contributed by atoms with Crippen molar-refractivity contribution in [2.45, 2.75) is 26.3 Å². The van der Waals surface area contributed by atoms with E-state index in [0.717, 1.165) is 42.0 Å². The van der Waals surface area contributed by atoms with Crippen LogP contribution >= 0.6 is 0 Å². The molecule has 6 nitrogen and oxygen atoms in total. The SMILES string of the molecule is Cc1cc(C)cc(-n2ncc3c(N4CCC(N)C4)ncnc32)c1. The summed E-state index contributed by atoms with van der Waals surface area (Å²) >= 11 is 0. The second-order valence-corrected chi connectivity index (χ2v) is 6.33. The number of aromatic nitrogens is 4. The molecule has 2 aromatic heterocycles. The minimum absolute atomic E-state index is 0.217. The van der Waals surface area contributed by atoms with Gasteiger partial charge in [-0.05, 0) is 43.5 Å². The Morgan fingerprint density at radius 2 is 1.91 bits per heavy atom. The van der Waals surface area contributed by atoms with E-state index in [1.807, 2.05) is 10.9 Å². The molecule has 0 bridgehead atoms. The smallest absolute Gasteiger partial charge is 0.168 e. The van der Waals surface area contributed by atoms with Crippen molar-refractivity contribution in [1.29, 1.82) is 0 Å². The summed E-state index contributed by atoms with van der Waals surface area (Å²) in [6, 6.07) is 6.61. The van der Waals surface area contributed by atoms with Crippen LogP contribution in [0.2, 0.25) is 0 Å². The number of rotatable bonds is 2. The van der Waals surface area contributed by atoms with E-state index in [1.165, 1.54) is 11.1 Å². The maximum Gasteiger partial charge on any atom is 0.168 e. The van der Waals surface area contributed by atoms with Gasteiger partial charge in [0.2, 0.25) is 0 Å². The lowest BCUT2D eigenvalue weighted by molar-refractivity contribution is 0.751. The van der Waals surface area contributed by atoms with Crippen LogP contribution in [0.5, 0.6) is 0 Å². The zero-order valence-electron chi connectivity index (χ0n) is 13.4. The van der Waals surface area contributed by atoms with Crippen LogP contribution in [-0.4, -0.2) is 38.9 Å². The number of hydrogen-bond acceptors (Lipinski definition) is 5. The highest BCUT2D eigenvalue weighted by Gasteiger charge is 2.23. The van der Waals surface area contributed by atoms with Crippen LogP contribution in [0.3, 0.4) is 0 Å². The van der Waals surface area contributed by atoms with Gasteiger partial charge in [0.1, 0.15) is 12.1 Å². The Balaban J connectivity index is 1.84. The van der Waals surface area contributed by atoms with Gasteiger partial charge >= 0.3 is 0 Å². The van der Waals surface area contributed by atoms with Gasteiger partial charge in [-0.15, -0.1) is 0 Å². The predicted octanol–water partition coefficient (Wildman–Crippen LogP) is 1.97. The van der Waals surface area contributed by atoms with Crippen molar-refractivity contribution in [3.8, 4) is 5.69 Å². The number of hydrogen-bond donors (Lipinski definition) is 1. The quantitative estimate of drug-likeness (QED) is 0.783. The molecule has 1 aliphatic rings. The van der Waals surface area contributed by atoms with E-state index in [9.17, 15) is 0 Å². The van der Waals surface area contributed by atoms with Crippen LogP contribution < -0.4 is 10.6 Å². The van der Waals surface area contributed by atoms with Crippen molar-refractivity contribution in [3.63, 3.8) is 0 Å². The summed E-state index contributed by atoms with van der Waals surface area (Å²) in [6.45, 7) is 5.95. The molecule has 0 radical (unpaired) electrons. The number of nitrogens with zero attached hydrogens (tertiary/aromatic N) is 5. The van der Waals surface area contributed by atoms with Gasteiger partial charge in [0.15, 0.2) is 5.65 Å². The standard InChI is InChI=1S/C17H20N6/c1-11-5-12(2)7-14(6-11)23-17-15(8-21-23)16(19-10-20-17)22-4-3-13(18)9-22/h5-8,10,13H,3-4,9,18H2,1-2H3. The van der Waals surface area contributed by atoms with E-state index in [-0.39, 0.29) is 6.04 Å². The Labute approximate surface area is 135 Å². The van der Waals surface area contributed by atoms with Gasteiger partial charge in [-0.1, -0.05) is 6.07 Å². The third-order valence-electron chi connectivity index (χ3n) is 4.32. The highest BCUT2D eigenvalue weighted by molar-refractivity contribution is 5.87. The summed E-state index contributed by atoms with van der Waals surface area (Å²) in [5.74, 6) is 0.929. The zero-order valence-corrected chi connectivity index (χ0v) is 13.4. The first-order valence-electron chi connectivity index (χ1n) is 7.90. The zero-order chi connectivity index (χ0) is 16.0. The van der Waals surface area contributed by atoms with E-state index in [0.29, 0.717) is 0 Å². The topological polar surface area (TPSA) is 72.9 Å². The van der Waals surface area contributed by atoms with Crippen LogP contribution in [0.25, 0.3) is 16.7 Å². The van der Waals surface area contributed by atoms with Gasteiger partial charge in [0, 0.05) is 19.1 Å². The lowest BCUT2D eigenvalue weighted by Gasteiger charge is -2.17. The minimum atomic E-state index is 0.217. The van der Waals surface area contributed by atoms with Gasteiger partial charge in [-0.2, -0.15) is 5.10 Å². The van der Waals surface area contributed by atoms with Gasteiger partial charge in [0.05, 0.1) is 17.3 Å². The average Bonchev–Trinajstić information content (AvgIpc) is 3.12. The summed E-state index contributed by atoms with van der Waals surface area (Å²) in [5.41, 5.74) is 10.3. The molecule has 1 atom stereocenters. The highest BCUT2D eigenvalue weighted by Crippen LogP contribution is 2.27. The number of nitrogens with two attached hydrogens (primary N) is 1. The third-order valence-corrected chi connectivity index (χ3v) is 4.32. The fourth-order valence-corrected chi connectivity index (χ4v) is 3.33. The van der Waals surface area contributed by atoms with Crippen LogP contribution in [0.4, 0.5) is 5.82 Å². The molecule has 1 unspecified atom stereocenters. The monoisotopic (exact) mass is 308 g/mol. The molecule has 3 heterocycles. The molecule has 2 N–H and O–H groups in total. The molecule has 0 amide bonds. The lowest BCUT2D eigenvalue weighted by atomic mass is 10.1. The Morgan fingerprint density at radius 3 is 2.61 bits per heavy atom. The second kappa shape index (κ2) is 5.31. The van der Waals surface area contributed by atoms with Gasteiger partial charge < -0.3 is 10.6 Å². The number of benzene rings is 1. The third kappa shape index (κ3) is 2.45. The Hall–Kier alpha value is -2.47. The van der Waals surface area contributed by atoms with Crippen molar-refractivity contribution >= 4 is 16.9 Å². The van der Waals surface area contributed by atoms with Gasteiger partial charge in [0.25, 0.3) is 0 Å². The summed E-state index contributed by atoms with van der Waals surface area (Å²) in [5, 5.41) is 5.53. The Morgan fingerprint density at radius 1 is 1.13 bits per heavy atom. The van der Waals surface area contributed by atoms with Crippen LogP contribution in [-0.2, 0) is 0 Å². The first kappa shape index (κ1) is 14.1. The maximum absolute atomic E-state index is 6.03. The predicted molar refractivity (Wildman–Crippen MR) is 90.9 cm³/mol. The molecule has 1 aliphatic heterocycles. The fraction of sp³-hybridized carbons (Fsp3) is 0.353. The number of fused-ring (bicyclic) bond motifs is 1. The molecule has 1 fully saturated rings. The molecule has 0 spiro atoms. The lowest BCUT2D eigenvalue weighted by Crippen LogP contribution is -2.27. The summed E-state index contributed by atoms with van der Waals surface area (Å²) in [6.07, 6.45) is 4.46. The number of anilines is 1. The first-order chi connectivity index (χ1) is 11.1. The normalized spacial score (nSPS) is 18.0. The summed E-state index contributed by atoms with van der Waals surface area (Å²) in [4.78, 5) is 11.2. The second-order valence-electron chi connectivity index (χ2n) is 6.33. The molecule has 1 aromatic carbocycles. The van der Waals surface area contributed by atoms with Crippen molar-refractivity contribution in [3.05, 3.63) is 41.9 Å². The first-order valence-corrected chi connectivity index (χ1v) is 7.90. The molecular formula is C17H20N6. The van der Waals surface area contributed by atoms with Crippen molar-refractivity contribution < 1.29 is 0 Å². The van der Waals surface area contributed by atoms with Crippen LogP contribution in [0.15, 0.2) is 30.7 Å². The van der Waals surface area contributed by atoms with Crippen molar-refractivity contribution in [1.82, 2.24) is 19.7 Å². The minimum Gasteiger partial charge on any atom is -0.354 e. The Bertz CT molecular complexity index is 848. The molecule has 0 saturated carbocycles. The van der Waals surface area contributed by atoms with E-state index in [1.54, 1.807) is 6.33 Å². The summed E-state index contributed by atoms with van der Waals surface area (Å²) < 4.78 is 1.89. The van der Waals surface area contributed by atoms with Gasteiger partial charge in [-0.3, -0.25) is 0 Å². The maximum atomic E-state index is 6.03. The fourth-order valence-electron chi connectivity index (χ4n) is 3.33. The van der Waals surface area contributed by atoms with Crippen molar-refractivity contribution in [2.24, 2.45) is 5.73 Å². The molecule has 6 heteroatoms. The molecule has 23 heavy (non-hydrogen) atoms. The Kier molecular flexibility index (Phi) is 3.27. The molecular weight excluding hydrogens is 288 g/mol. The molecule has 0 aliphatic carbocycles. The molecule has 4 rings (SSSR count). The van der Waals surface area contributed by atoms with Crippen LogP contribution in [0.1, 0.15) is 17.5 Å². The van der Waals surface area contributed by atoms with Crippen LogP contribution in [0, 0.1) is 13.8 Å². The largest absolute Gasteiger partial charge is 0.354 e. The molecule has 118 valence electrons. The summed E-state index contributed by atoms with van der Waals surface area (Å²) in [7, 11) is 0.